The van der Waals surface area contributed by atoms with Gasteiger partial charge in [-0.05, 0) is 57.2 Å². The van der Waals surface area contributed by atoms with Crippen LogP contribution in [0.5, 0.6) is 0 Å². The van der Waals surface area contributed by atoms with E-state index in [-0.39, 0.29) is 0 Å². The summed E-state index contributed by atoms with van der Waals surface area (Å²) >= 11 is 0. The Hall–Kier alpha value is -0.610. The number of rotatable bonds is 5. The predicted molar refractivity (Wildman–Crippen MR) is 87.3 cm³/mol. The number of carbonyl (C=O) groups is 1. The molecule has 0 aromatic heterocycles. The summed E-state index contributed by atoms with van der Waals surface area (Å²) < 4.78 is 0. The van der Waals surface area contributed by atoms with Gasteiger partial charge in [0.2, 0.25) is 5.91 Å². The molecule has 21 heavy (non-hydrogen) atoms. The SMILES string of the molecule is CCN1CCC(N(C)C(=O)CC(C)C2CCNCC2)CC1. The molecule has 0 aromatic rings. The molecule has 0 aromatic carbocycles. The average Bonchev–Trinajstić information content (AvgIpc) is 2.55. The van der Waals surface area contributed by atoms with Crippen molar-refractivity contribution in [2.45, 2.75) is 52.0 Å². The minimum absolute atomic E-state index is 0.357. The molecule has 2 rings (SSSR count). The number of carbonyl (C=O) groups excluding carboxylic acids is 1. The van der Waals surface area contributed by atoms with Gasteiger partial charge in [0, 0.05) is 32.6 Å². The Morgan fingerprint density at radius 1 is 1.24 bits per heavy atom. The zero-order valence-corrected chi connectivity index (χ0v) is 14.1. The Labute approximate surface area is 130 Å². The highest BCUT2D eigenvalue weighted by molar-refractivity contribution is 5.76. The Bertz CT molecular complexity index is 320. The predicted octanol–water partition coefficient (Wildman–Crippen LogP) is 1.95. The van der Waals surface area contributed by atoms with Gasteiger partial charge in [-0.3, -0.25) is 4.79 Å². The molecule has 2 fully saturated rings. The van der Waals surface area contributed by atoms with Crippen LogP contribution >= 0.6 is 0 Å². The van der Waals surface area contributed by atoms with E-state index in [0.29, 0.717) is 17.9 Å². The van der Waals surface area contributed by atoms with Gasteiger partial charge in [0.05, 0.1) is 0 Å². The summed E-state index contributed by atoms with van der Waals surface area (Å²) in [5, 5.41) is 3.41. The highest BCUT2D eigenvalue weighted by Crippen LogP contribution is 2.25. The summed E-state index contributed by atoms with van der Waals surface area (Å²) in [7, 11) is 2.02. The van der Waals surface area contributed by atoms with Gasteiger partial charge < -0.3 is 15.1 Å². The van der Waals surface area contributed by atoms with Crippen LogP contribution in [0.3, 0.4) is 0 Å². The minimum atomic E-state index is 0.357. The molecule has 2 aliphatic rings. The number of likely N-dealkylation sites (tertiary alicyclic amines) is 1. The van der Waals surface area contributed by atoms with Crippen LogP contribution in [-0.4, -0.2) is 61.5 Å². The smallest absolute Gasteiger partial charge is 0.222 e. The fourth-order valence-electron chi connectivity index (χ4n) is 3.83. The minimum Gasteiger partial charge on any atom is -0.343 e. The molecule has 4 nitrogen and oxygen atoms in total. The zero-order chi connectivity index (χ0) is 15.2. The topological polar surface area (TPSA) is 35.6 Å². The van der Waals surface area contributed by atoms with E-state index in [1.807, 2.05) is 11.9 Å². The van der Waals surface area contributed by atoms with Crippen LogP contribution in [0.2, 0.25) is 0 Å². The third-order valence-corrected chi connectivity index (χ3v) is 5.63. The van der Waals surface area contributed by atoms with Crippen molar-refractivity contribution >= 4 is 5.91 Å². The monoisotopic (exact) mass is 295 g/mol. The van der Waals surface area contributed by atoms with Crippen molar-refractivity contribution in [1.29, 1.82) is 0 Å². The van der Waals surface area contributed by atoms with E-state index < -0.39 is 0 Å². The average molecular weight is 295 g/mol. The molecule has 0 spiro atoms. The summed E-state index contributed by atoms with van der Waals surface area (Å²) in [6.45, 7) is 10.1. The van der Waals surface area contributed by atoms with E-state index in [2.05, 4.69) is 24.1 Å². The standard InChI is InChI=1S/C17H33N3O/c1-4-20-11-7-16(8-12-20)19(3)17(21)13-14(2)15-5-9-18-10-6-15/h14-16,18H,4-13H2,1-3H3. The van der Waals surface area contributed by atoms with Gasteiger partial charge in [-0.2, -0.15) is 0 Å². The van der Waals surface area contributed by atoms with Crippen molar-refractivity contribution in [3.8, 4) is 0 Å². The Morgan fingerprint density at radius 3 is 2.43 bits per heavy atom. The molecule has 2 heterocycles. The van der Waals surface area contributed by atoms with E-state index in [9.17, 15) is 4.79 Å². The Kier molecular flexibility index (Phi) is 6.49. The molecule has 0 aliphatic carbocycles. The molecule has 122 valence electrons. The highest BCUT2D eigenvalue weighted by atomic mass is 16.2. The summed E-state index contributed by atoms with van der Waals surface area (Å²) in [5.41, 5.74) is 0. The maximum atomic E-state index is 12.5. The molecule has 2 aliphatic heterocycles. The van der Waals surface area contributed by atoms with Crippen LogP contribution in [0, 0.1) is 11.8 Å². The zero-order valence-electron chi connectivity index (χ0n) is 14.1. The first-order valence-corrected chi connectivity index (χ1v) is 8.80. The Balaban J connectivity index is 1.76. The number of hydrogen-bond donors (Lipinski definition) is 1. The van der Waals surface area contributed by atoms with E-state index >= 15 is 0 Å². The van der Waals surface area contributed by atoms with Crippen LogP contribution in [0.15, 0.2) is 0 Å². The first-order valence-electron chi connectivity index (χ1n) is 8.80. The summed E-state index contributed by atoms with van der Waals surface area (Å²) in [6.07, 6.45) is 5.46. The number of amides is 1. The lowest BCUT2D eigenvalue weighted by Gasteiger charge is -2.37. The van der Waals surface area contributed by atoms with E-state index in [1.54, 1.807) is 0 Å². The fraction of sp³-hybridized carbons (Fsp3) is 0.941. The molecule has 1 amide bonds. The van der Waals surface area contributed by atoms with Gasteiger partial charge in [0.25, 0.3) is 0 Å². The summed E-state index contributed by atoms with van der Waals surface area (Å²) in [5.74, 6) is 1.61. The number of piperidine rings is 2. The van der Waals surface area contributed by atoms with Crippen molar-refractivity contribution < 1.29 is 4.79 Å². The first kappa shape index (κ1) is 16.8. The third kappa shape index (κ3) is 4.68. The molecule has 1 N–H and O–H groups in total. The number of nitrogens with zero attached hydrogens (tertiary/aromatic N) is 2. The molecular formula is C17H33N3O. The van der Waals surface area contributed by atoms with Gasteiger partial charge >= 0.3 is 0 Å². The number of nitrogens with one attached hydrogen (secondary N) is 1. The second-order valence-electron chi connectivity index (χ2n) is 6.94. The summed E-state index contributed by atoms with van der Waals surface area (Å²) in [6, 6.07) is 0.459. The molecule has 0 saturated carbocycles. The lowest BCUT2D eigenvalue weighted by atomic mass is 9.84. The van der Waals surface area contributed by atoms with Crippen molar-refractivity contribution in [2.75, 3.05) is 39.8 Å². The van der Waals surface area contributed by atoms with Crippen molar-refractivity contribution in [1.82, 2.24) is 15.1 Å². The van der Waals surface area contributed by atoms with Crippen LogP contribution in [-0.2, 0) is 4.79 Å². The Morgan fingerprint density at radius 2 is 1.86 bits per heavy atom. The van der Waals surface area contributed by atoms with Crippen LogP contribution in [0.4, 0.5) is 0 Å². The van der Waals surface area contributed by atoms with Crippen LogP contribution in [0.25, 0.3) is 0 Å². The van der Waals surface area contributed by atoms with Gasteiger partial charge in [0.1, 0.15) is 0 Å². The van der Waals surface area contributed by atoms with E-state index in [1.165, 1.54) is 12.8 Å². The maximum absolute atomic E-state index is 12.5. The second kappa shape index (κ2) is 8.14. The molecule has 1 atom stereocenters. The first-order chi connectivity index (χ1) is 10.1. The van der Waals surface area contributed by atoms with Gasteiger partial charge in [-0.25, -0.2) is 0 Å². The third-order valence-electron chi connectivity index (χ3n) is 5.63. The molecule has 2 saturated heterocycles. The molecule has 0 bridgehead atoms. The van der Waals surface area contributed by atoms with Crippen molar-refractivity contribution in [3.05, 3.63) is 0 Å². The molecule has 4 heteroatoms. The molecular weight excluding hydrogens is 262 g/mol. The van der Waals surface area contributed by atoms with Crippen molar-refractivity contribution in [2.24, 2.45) is 11.8 Å². The van der Waals surface area contributed by atoms with Crippen LogP contribution in [0.1, 0.15) is 46.0 Å². The van der Waals surface area contributed by atoms with Gasteiger partial charge in [-0.15, -0.1) is 0 Å². The molecule has 0 radical (unpaired) electrons. The lowest BCUT2D eigenvalue weighted by Crippen LogP contribution is -2.46. The quantitative estimate of drug-likeness (QED) is 0.842. The van der Waals surface area contributed by atoms with Crippen molar-refractivity contribution in [3.63, 3.8) is 0 Å². The summed E-state index contributed by atoms with van der Waals surface area (Å²) in [4.78, 5) is 17.1. The van der Waals surface area contributed by atoms with Gasteiger partial charge in [0.15, 0.2) is 0 Å². The van der Waals surface area contributed by atoms with Crippen LogP contribution < -0.4 is 5.32 Å². The number of hydrogen-bond acceptors (Lipinski definition) is 3. The largest absolute Gasteiger partial charge is 0.343 e. The van der Waals surface area contributed by atoms with E-state index in [0.717, 1.165) is 57.9 Å². The highest BCUT2D eigenvalue weighted by Gasteiger charge is 2.27. The van der Waals surface area contributed by atoms with E-state index in [4.69, 9.17) is 0 Å². The lowest BCUT2D eigenvalue weighted by molar-refractivity contribution is -0.134. The van der Waals surface area contributed by atoms with Gasteiger partial charge in [-0.1, -0.05) is 13.8 Å². The fourth-order valence-corrected chi connectivity index (χ4v) is 3.83. The molecule has 1 unspecified atom stereocenters. The maximum Gasteiger partial charge on any atom is 0.222 e. The normalized spacial score (nSPS) is 24.0. The second-order valence-corrected chi connectivity index (χ2v) is 6.94.